The van der Waals surface area contributed by atoms with Crippen molar-refractivity contribution in [3.63, 3.8) is 0 Å². The van der Waals surface area contributed by atoms with Crippen LogP contribution in [0, 0.1) is 40.2 Å². The lowest BCUT2D eigenvalue weighted by molar-refractivity contribution is -0.138. The highest BCUT2D eigenvalue weighted by atomic mass is 35.5. The third-order valence-corrected chi connectivity index (χ3v) is 8.31. The second-order valence-corrected chi connectivity index (χ2v) is 12.2. The molecular weight excluding hydrogens is 521 g/mol. The summed E-state index contributed by atoms with van der Waals surface area (Å²) >= 11 is 12.2. The Kier molecular flexibility index (Phi) is 7.62. The Morgan fingerprint density at radius 3 is 2.49 bits per heavy atom. The number of aliphatic hydroxyl groups excluding tert-OH is 1. The molecule has 1 saturated heterocycles. The molecule has 6 atom stereocenters. The van der Waals surface area contributed by atoms with E-state index in [9.17, 15) is 20.3 Å². The zero-order chi connectivity index (χ0) is 27.3. The number of benzene rings is 2. The van der Waals surface area contributed by atoms with Crippen molar-refractivity contribution in [1.82, 2.24) is 4.90 Å². The first-order valence-electron chi connectivity index (χ1n) is 12.3. The molecule has 0 spiro atoms. The van der Waals surface area contributed by atoms with Gasteiger partial charge in [-0.25, -0.2) is 8.78 Å². The predicted octanol–water partition coefficient (Wildman–Crippen LogP) is 6.02. The van der Waals surface area contributed by atoms with Gasteiger partial charge in [-0.3, -0.25) is 9.69 Å². The fourth-order valence-electron chi connectivity index (χ4n) is 6.14. The van der Waals surface area contributed by atoms with E-state index in [1.165, 1.54) is 24.3 Å². The van der Waals surface area contributed by atoms with Gasteiger partial charge < -0.3 is 10.2 Å². The summed E-state index contributed by atoms with van der Waals surface area (Å²) in [4.78, 5) is 13.5. The molecule has 9 heteroatoms. The number of nitrogens with zero attached hydrogens (tertiary/aromatic N) is 2. The summed E-state index contributed by atoms with van der Waals surface area (Å²) in [5, 5.41) is 31.2. The van der Waals surface area contributed by atoms with Crippen molar-refractivity contribution in [1.29, 1.82) is 5.26 Å². The molecule has 0 aromatic heterocycles. The van der Waals surface area contributed by atoms with E-state index >= 15 is 8.78 Å². The maximum atomic E-state index is 15.7. The second kappa shape index (κ2) is 10.1. The normalized spacial score (nSPS) is 29.8. The largest absolute Gasteiger partial charge is 0.481 e. The SMILES string of the molecule is CC(C)(C)C[C@@H]1N(C[C@H]2C[C@@H]2C(=O)O)[C@@H](CO)[C@H](c2cccc(Cl)c2F)[C@@]1(C#N)c1ccc(Cl)cc1F. The van der Waals surface area contributed by atoms with Gasteiger partial charge in [-0.05, 0) is 47.9 Å². The van der Waals surface area contributed by atoms with Crippen molar-refractivity contribution in [2.45, 2.75) is 57.0 Å². The summed E-state index contributed by atoms with van der Waals surface area (Å²) in [7, 11) is 0. The van der Waals surface area contributed by atoms with Crippen LogP contribution in [0.3, 0.4) is 0 Å². The smallest absolute Gasteiger partial charge is 0.306 e. The zero-order valence-corrected chi connectivity index (χ0v) is 22.4. The van der Waals surface area contributed by atoms with E-state index in [-0.39, 0.29) is 39.0 Å². The number of hydrogen-bond acceptors (Lipinski definition) is 4. The first-order valence-corrected chi connectivity index (χ1v) is 13.0. The molecule has 0 bridgehead atoms. The van der Waals surface area contributed by atoms with Crippen molar-refractivity contribution in [2.75, 3.05) is 13.2 Å². The van der Waals surface area contributed by atoms with Crippen LogP contribution in [0.2, 0.25) is 10.0 Å². The summed E-state index contributed by atoms with van der Waals surface area (Å²) in [5.41, 5.74) is -1.81. The number of carbonyl (C=O) groups is 1. The Balaban J connectivity index is 2.00. The predicted molar refractivity (Wildman–Crippen MR) is 138 cm³/mol. The summed E-state index contributed by atoms with van der Waals surface area (Å²) in [5.74, 6) is -4.04. The molecule has 1 aliphatic heterocycles. The minimum absolute atomic E-state index is 0.0598. The summed E-state index contributed by atoms with van der Waals surface area (Å²) in [6, 6.07) is 9.50. The molecule has 1 saturated carbocycles. The minimum atomic E-state index is -1.63. The Hall–Kier alpha value is -2.24. The van der Waals surface area contributed by atoms with Crippen molar-refractivity contribution in [3.05, 3.63) is 69.2 Å². The van der Waals surface area contributed by atoms with E-state index < -0.39 is 53.5 Å². The van der Waals surface area contributed by atoms with E-state index in [0.717, 1.165) is 6.07 Å². The second-order valence-electron chi connectivity index (χ2n) is 11.4. The maximum Gasteiger partial charge on any atom is 0.306 e. The first-order chi connectivity index (χ1) is 17.4. The summed E-state index contributed by atoms with van der Waals surface area (Å²) in [6.07, 6.45) is 0.875. The zero-order valence-electron chi connectivity index (χ0n) is 20.9. The fourth-order valence-corrected chi connectivity index (χ4v) is 6.48. The third kappa shape index (κ3) is 4.97. The van der Waals surface area contributed by atoms with Gasteiger partial charge in [0.2, 0.25) is 0 Å². The lowest BCUT2D eigenvalue weighted by Gasteiger charge is -2.39. The molecule has 0 unspecified atom stereocenters. The van der Waals surface area contributed by atoms with Gasteiger partial charge in [-0.1, -0.05) is 62.2 Å². The van der Waals surface area contributed by atoms with Gasteiger partial charge >= 0.3 is 5.97 Å². The lowest BCUT2D eigenvalue weighted by atomic mass is 9.62. The van der Waals surface area contributed by atoms with Crippen molar-refractivity contribution >= 4 is 29.2 Å². The van der Waals surface area contributed by atoms with Crippen LogP contribution in [0.15, 0.2) is 36.4 Å². The molecule has 2 aromatic carbocycles. The molecule has 198 valence electrons. The van der Waals surface area contributed by atoms with Crippen molar-refractivity contribution in [3.8, 4) is 6.07 Å². The highest BCUT2D eigenvalue weighted by molar-refractivity contribution is 6.31. The maximum absolute atomic E-state index is 15.7. The van der Waals surface area contributed by atoms with Crippen molar-refractivity contribution < 1.29 is 23.8 Å². The van der Waals surface area contributed by atoms with Gasteiger partial charge in [0.1, 0.15) is 17.0 Å². The average molecular weight is 551 g/mol. The van der Waals surface area contributed by atoms with Crippen LogP contribution < -0.4 is 0 Å². The first kappa shape index (κ1) is 27.8. The number of carboxylic acid groups (broad SMARTS) is 1. The van der Waals surface area contributed by atoms with Gasteiger partial charge in [-0.15, -0.1) is 0 Å². The van der Waals surface area contributed by atoms with Crippen LogP contribution in [0.4, 0.5) is 8.78 Å². The van der Waals surface area contributed by atoms with Crippen LogP contribution >= 0.6 is 23.2 Å². The highest BCUT2D eigenvalue weighted by Crippen LogP contribution is 2.57. The van der Waals surface area contributed by atoms with Crippen LogP contribution in [-0.4, -0.2) is 46.3 Å². The van der Waals surface area contributed by atoms with E-state index in [0.29, 0.717) is 12.8 Å². The number of likely N-dealkylation sites (tertiary alicyclic amines) is 1. The molecule has 2 aromatic rings. The van der Waals surface area contributed by atoms with E-state index in [1.807, 2.05) is 25.7 Å². The molecule has 2 aliphatic rings. The molecule has 0 amide bonds. The highest BCUT2D eigenvalue weighted by Gasteiger charge is 2.63. The summed E-state index contributed by atoms with van der Waals surface area (Å²) < 4.78 is 31.3. The van der Waals surface area contributed by atoms with Gasteiger partial charge in [0.25, 0.3) is 0 Å². The van der Waals surface area contributed by atoms with Gasteiger partial charge in [-0.2, -0.15) is 5.26 Å². The topological polar surface area (TPSA) is 84.6 Å². The van der Waals surface area contributed by atoms with Crippen LogP contribution in [0.25, 0.3) is 0 Å². The molecule has 2 fully saturated rings. The monoisotopic (exact) mass is 550 g/mol. The Bertz CT molecular complexity index is 1240. The number of halogens is 4. The standard InChI is InChI=1S/C28H30Cl2F2N2O3/c1-27(2,3)11-23-28(14-33,19-8-7-16(29)10-21(19)31)24(17-5-4-6-20(30)25(17)32)22(13-35)34(23)12-15-9-18(15)26(36)37/h4-8,10,15,18,22-24,35H,9,11-13H2,1-3H3,(H,36,37)/t15-,18+,22+,23+,24+,28+/m1/s1. The minimum Gasteiger partial charge on any atom is -0.481 e. The quantitative estimate of drug-likeness (QED) is 0.440. The number of nitriles is 1. The van der Waals surface area contributed by atoms with E-state index in [4.69, 9.17) is 23.2 Å². The number of hydrogen-bond donors (Lipinski definition) is 2. The molecule has 5 nitrogen and oxygen atoms in total. The number of aliphatic carboxylic acids is 1. The fraction of sp³-hybridized carbons (Fsp3) is 0.500. The van der Waals surface area contributed by atoms with Crippen LogP contribution in [-0.2, 0) is 10.2 Å². The Morgan fingerprint density at radius 1 is 1.24 bits per heavy atom. The Morgan fingerprint density at radius 2 is 1.95 bits per heavy atom. The van der Waals surface area contributed by atoms with Crippen LogP contribution in [0.1, 0.15) is 50.7 Å². The number of carboxylic acids is 1. The summed E-state index contributed by atoms with van der Waals surface area (Å²) in [6.45, 7) is 5.80. The third-order valence-electron chi connectivity index (χ3n) is 7.78. The van der Waals surface area contributed by atoms with Crippen molar-refractivity contribution in [2.24, 2.45) is 17.3 Å². The number of aliphatic hydroxyl groups is 1. The molecule has 1 aliphatic carbocycles. The number of rotatable bonds is 7. The van der Waals surface area contributed by atoms with Gasteiger partial charge in [0.05, 0.1) is 23.6 Å². The molecule has 2 N–H and O–H groups in total. The van der Waals surface area contributed by atoms with Gasteiger partial charge in [0.15, 0.2) is 0 Å². The Labute approximate surface area is 225 Å². The molecular formula is C28H30Cl2F2N2O3. The van der Waals surface area contributed by atoms with Gasteiger partial charge in [0, 0.05) is 35.1 Å². The molecule has 1 heterocycles. The van der Waals surface area contributed by atoms with E-state index in [2.05, 4.69) is 6.07 Å². The average Bonchev–Trinajstić information content (AvgIpc) is 3.54. The van der Waals surface area contributed by atoms with Crippen LogP contribution in [0.5, 0.6) is 0 Å². The molecule has 4 rings (SSSR count). The lowest BCUT2D eigenvalue weighted by Crippen LogP contribution is -2.47. The molecule has 0 radical (unpaired) electrons. The molecule has 37 heavy (non-hydrogen) atoms. The van der Waals surface area contributed by atoms with E-state index in [1.54, 1.807) is 6.07 Å².